The summed E-state index contributed by atoms with van der Waals surface area (Å²) in [5.74, 6) is 0. The van der Waals surface area contributed by atoms with Gasteiger partial charge in [-0.2, -0.15) is 0 Å². The minimum absolute atomic E-state index is 0.419. The molecule has 0 aromatic heterocycles. The van der Waals surface area contributed by atoms with Crippen LogP contribution in [-0.2, 0) is 0 Å². The van der Waals surface area contributed by atoms with Gasteiger partial charge in [-0.05, 0) is 0 Å². The van der Waals surface area contributed by atoms with Gasteiger partial charge in [-0.25, -0.2) is 0 Å². The van der Waals surface area contributed by atoms with Gasteiger partial charge in [0.25, 0.3) is 0 Å². The maximum absolute atomic E-state index is 8.56. The van der Waals surface area contributed by atoms with E-state index in [2.05, 4.69) is 26.8 Å². The Morgan fingerprint density at radius 3 is 2.00 bits per heavy atom. The monoisotopic (exact) mass is 233 g/mol. The molecule has 0 N–H and O–H groups in total. The molecule has 0 spiro atoms. The van der Waals surface area contributed by atoms with Gasteiger partial charge in [0, 0.05) is 0 Å². The zero-order chi connectivity index (χ0) is 7.28. The van der Waals surface area contributed by atoms with Crippen LogP contribution in [0.2, 0.25) is 12.6 Å². The topological polar surface area (TPSA) is 23.8 Å². The second-order valence-corrected chi connectivity index (χ2v) is 11.2. The molecule has 0 bridgehead atoms. The summed E-state index contributed by atoms with van der Waals surface area (Å²) in [6.45, 7) is 6.52. The molecule has 52 valence electrons. The number of rotatable bonds is 3. The molecule has 1 nitrogen and oxygen atoms in total. The van der Waals surface area contributed by atoms with E-state index in [0.717, 1.165) is 0 Å². The number of hydrogen-bond donors (Lipinski definition) is 0. The fourth-order valence-corrected chi connectivity index (χ4v) is 5.72. The maximum atomic E-state index is 8.56. The molecule has 0 heterocycles. The van der Waals surface area contributed by atoms with E-state index in [1.165, 1.54) is 8.73 Å². The molecular formula is C7H14NSb. The molecule has 0 rings (SSSR count). The Hall–Kier alpha value is 0.308. The van der Waals surface area contributed by atoms with Gasteiger partial charge in [0.05, 0.1) is 0 Å². The summed E-state index contributed by atoms with van der Waals surface area (Å²) in [6, 6.07) is 2.35. The van der Waals surface area contributed by atoms with Crippen molar-refractivity contribution in [3.05, 3.63) is 0 Å². The van der Waals surface area contributed by atoms with Gasteiger partial charge >= 0.3 is 64.9 Å². The number of hydrogen-bond acceptors (Lipinski definition) is 1. The third-order valence-corrected chi connectivity index (χ3v) is 9.64. The first-order valence-corrected chi connectivity index (χ1v) is 8.48. The van der Waals surface area contributed by atoms with Crippen molar-refractivity contribution in [3.63, 3.8) is 0 Å². The average Bonchev–Trinajstić information content (AvgIpc) is 1.90. The van der Waals surface area contributed by atoms with Gasteiger partial charge in [-0.15, -0.1) is 0 Å². The molecule has 0 saturated carbocycles. The van der Waals surface area contributed by atoms with Crippen LogP contribution < -0.4 is 0 Å². The first-order valence-electron chi connectivity index (χ1n) is 3.39. The third kappa shape index (κ3) is 3.11. The number of nitriles is 1. The van der Waals surface area contributed by atoms with Gasteiger partial charge in [0.2, 0.25) is 0 Å². The second-order valence-electron chi connectivity index (χ2n) is 2.03. The van der Waals surface area contributed by atoms with Crippen molar-refractivity contribution in [2.45, 2.75) is 33.4 Å². The molecule has 0 aliphatic heterocycles. The summed E-state index contributed by atoms with van der Waals surface area (Å²) < 4.78 is 3.05. The van der Waals surface area contributed by atoms with Crippen LogP contribution in [-0.4, -0.2) is 20.2 Å². The molecular weight excluding hydrogens is 220 g/mol. The molecule has 0 fully saturated rings. The Morgan fingerprint density at radius 2 is 1.89 bits per heavy atom. The normalized spacial score (nSPS) is 13.2. The van der Waals surface area contributed by atoms with Crippen LogP contribution in [0, 0.1) is 11.3 Å². The Bertz CT molecular complexity index is 102. The molecule has 0 saturated heterocycles. The Kier molecular flexibility index (Phi) is 5.30. The summed E-state index contributed by atoms with van der Waals surface area (Å²) in [5.41, 5.74) is 0. The predicted molar refractivity (Wildman–Crippen MR) is 41.8 cm³/mol. The minimum atomic E-state index is -1.05. The molecule has 0 radical (unpaired) electrons. The molecule has 0 aromatic rings. The van der Waals surface area contributed by atoms with E-state index in [1.54, 1.807) is 0 Å². The van der Waals surface area contributed by atoms with E-state index in [0.29, 0.717) is 3.86 Å². The van der Waals surface area contributed by atoms with Crippen LogP contribution in [0.5, 0.6) is 0 Å². The van der Waals surface area contributed by atoms with Crippen molar-refractivity contribution >= 4 is 20.2 Å². The van der Waals surface area contributed by atoms with E-state index < -0.39 is 20.2 Å². The van der Waals surface area contributed by atoms with Crippen LogP contribution in [0.25, 0.3) is 0 Å². The van der Waals surface area contributed by atoms with Gasteiger partial charge in [-0.3, -0.25) is 0 Å². The predicted octanol–water partition coefficient (Wildman–Crippen LogP) is 2.43. The first kappa shape index (κ1) is 9.31. The van der Waals surface area contributed by atoms with Gasteiger partial charge in [0.15, 0.2) is 0 Å². The Labute approximate surface area is 65.0 Å². The summed E-state index contributed by atoms with van der Waals surface area (Å²) >= 11 is -1.05. The van der Waals surface area contributed by atoms with Crippen LogP contribution in [0.4, 0.5) is 0 Å². The van der Waals surface area contributed by atoms with E-state index in [9.17, 15) is 0 Å². The van der Waals surface area contributed by atoms with Crippen molar-refractivity contribution in [3.8, 4) is 6.07 Å². The van der Waals surface area contributed by atoms with Crippen LogP contribution in [0.3, 0.4) is 0 Å². The fourth-order valence-electron chi connectivity index (χ4n) is 0.853. The summed E-state index contributed by atoms with van der Waals surface area (Å²) in [5, 5.41) is 8.56. The van der Waals surface area contributed by atoms with Crippen LogP contribution in [0.1, 0.15) is 20.8 Å². The summed E-state index contributed by atoms with van der Waals surface area (Å²) in [6.07, 6.45) is 0. The third-order valence-electron chi connectivity index (χ3n) is 1.55. The zero-order valence-corrected chi connectivity index (χ0v) is 8.94. The summed E-state index contributed by atoms with van der Waals surface area (Å²) in [7, 11) is 0. The van der Waals surface area contributed by atoms with E-state index in [1.807, 2.05) is 0 Å². The van der Waals surface area contributed by atoms with E-state index >= 15 is 0 Å². The van der Waals surface area contributed by atoms with E-state index in [-0.39, 0.29) is 0 Å². The Morgan fingerprint density at radius 1 is 1.44 bits per heavy atom. The molecule has 2 heteroatoms. The van der Waals surface area contributed by atoms with Crippen molar-refractivity contribution in [1.29, 1.82) is 5.26 Å². The van der Waals surface area contributed by atoms with Crippen LogP contribution in [0.15, 0.2) is 0 Å². The van der Waals surface area contributed by atoms with Crippen molar-refractivity contribution in [2.75, 3.05) is 0 Å². The molecule has 0 aliphatic rings. The molecule has 0 aliphatic carbocycles. The van der Waals surface area contributed by atoms with Crippen molar-refractivity contribution < 1.29 is 0 Å². The second kappa shape index (κ2) is 5.12. The fraction of sp³-hybridized carbons (Fsp3) is 0.857. The van der Waals surface area contributed by atoms with Crippen molar-refractivity contribution in [2.24, 2.45) is 0 Å². The Balaban J connectivity index is 3.67. The number of nitrogens with zero attached hydrogens (tertiary/aromatic N) is 1. The SMILES string of the molecule is C[CH2][Sb]([CH2]C)[CH](C)C#N. The summed E-state index contributed by atoms with van der Waals surface area (Å²) in [4.78, 5) is 0. The average molecular weight is 234 g/mol. The van der Waals surface area contributed by atoms with Crippen LogP contribution >= 0.6 is 0 Å². The van der Waals surface area contributed by atoms with Gasteiger partial charge in [0.1, 0.15) is 0 Å². The molecule has 9 heavy (non-hydrogen) atoms. The van der Waals surface area contributed by atoms with E-state index in [4.69, 9.17) is 5.26 Å². The van der Waals surface area contributed by atoms with Gasteiger partial charge < -0.3 is 0 Å². The standard InChI is InChI=1S/C3H4N.2C2H5.Sb/c1-2-3-4;2*1-2;/h2H,1H3;2*1H2,2H3;. The first-order chi connectivity index (χ1) is 4.26. The molecule has 1 atom stereocenters. The molecule has 0 amide bonds. The van der Waals surface area contributed by atoms with Gasteiger partial charge in [-0.1, -0.05) is 0 Å². The zero-order valence-electron chi connectivity index (χ0n) is 6.39. The van der Waals surface area contributed by atoms with Crippen molar-refractivity contribution in [1.82, 2.24) is 0 Å². The molecule has 1 unspecified atom stereocenters. The molecule has 0 aromatic carbocycles. The quantitative estimate of drug-likeness (QED) is 0.688.